The summed E-state index contributed by atoms with van der Waals surface area (Å²) >= 11 is 3.26. The Morgan fingerprint density at radius 1 is 1.18 bits per heavy atom. The van der Waals surface area contributed by atoms with Gasteiger partial charge >= 0.3 is 0 Å². The van der Waals surface area contributed by atoms with Crippen molar-refractivity contribution in [1.29, 1.82) is 0 Å². The van der Waals surface area contributed by atoms with Gasteiger partial charge in [0.2, 0.25) is 5.95 Å². The van der Waals surface area contributed by atoms with E-state index < -0.39 is 0 Å². The molecule has 0 unspecified atom stereocenters. The molecule has 1 heterocycles. The first-order valence-corrected chi connectivity index (χ1v) is 6.00. The molecule has 0 saturated carbocycles. The molecule has 0 amide bonds. The van der Waals surface area contributed by atoms with Crippen molar-refractivity contribution in [1.82, 2.24) is 9.97 Å². The van der Waals surface area contributed by atoms with Crippen molar-refractivity contribution in [2.45, 2.75) is 6.42 Å². The van der Waals surface area contributed by atoms with Gasteiger partial charge in [0.15, 0.2) is 0 Å². The van der Waals surface area contributed by atoms with Crippen LogP contribution in [0.5, 0.6) is 0 Å². The minimum atomic E-state index is -0.175. The normalized spacial score (nSPS) is 10.2. The van der Waals surface area contributed by atoms with Crippen LogP contribution < -0.4 is 5.32 Å². The van der Waals surface area contributed by atoms with E-state index in [0.717, 1.165) is 4.47 Å². The monoisotopic (exact) mass is 295 g/mol. The minimum Gasteiger partial charge on any atom is -0.354 e. The molecule has 17 heavy (non-hydrogen) atoms. The fourth-order valence-electron chi connectivity index (χ4n) is 1.41. The molecule has 88 valence electrons. The van der Waals surface area contributed by atoms with Crippen LogP contribution in [0.3, 0.4) is 0 Å². The van der Waals surface area contributed by atoms with Crippen LogP contribution in [0.1, 0.15) is 5.56 Å². The predicted molar refractivity (Wildman–Crippen MR) is 68.3 cm³/mol. The second kappa shape index (κ2) is 5.72. The van der Waals surface area contributed by atoms with Gasteiger partial charge in [0.05, 0.1) is 4.47 Å². The molecule has 1 aromatic heterocycles. The van der Waals surface area contributed by atoms with Gasteiger partial charge in [-0.2, -0.15) is 0 Å². The van der Waals surface area contributed by atoms with E-state index in [1.165, 1.54) is 6.07 Å². The Labute approximate surface area is 107 Å². The van der Waals surface area contributed by atoms with Crippen LogP contribution in [-0.4, -0.2) is 16.5 Å². The molecular formula is C12H11BrFN3. The maximum absolute atomic E-state index is 13.3. The third-order valence-corrected chi connectivity index (χ3v) is 2.67. The largest absolute Gasteiger partial charge is 0.354 e. The van der Waals surface area contributed by atoms with Gasteiger partial charge in [-0.05, 0) is 34.0 Å². The molecule has 1 N–H and O–H groups in total. The van der Waals surface area contributed by atoms with E-state index in [0.29, 0.717) is 24.5 Å². The number of hydrogen-bond donors (Lipinski definition) is 1. The lowest BCUT2D eigenvalue weighted by Gasteiger charge is -2.05. The molecule has 2 aromatic rings. The first-order chi connectivity index (χ1) is 8.25. The summed E-state index contributed by atoms with van der Waals surface area (Å²) in [6.07, 6.45) is 3.93. The Bertz CT molecular complexity index is 487. The molecule has 0 aliphatic carbocycles. The first-order valence-electron chi connectivity index (χ1n) is 5.20. The van der Waals surface area contributed by atoms with E-state index >= 15 is 0 Å². The summed E-state index contributed by atoms with van der Waals surface area (Å²) < 4.78 is 14.1. The lowest BCUT2D eigenvalue weighted by atomic mass is 10.1. The Morgan fingerprint density at radius 3 is 2.59 bits per heavy atom. The summed E-state index contributed by atoms with van der Waals surface area (Å²) in [5.41, 5.74) is 0.692. The van der Waals surface area contributed by atoms with Crippen molar-refractivity contribution in [2.24, 2.45) is 0 Å². The molecular weight excluding hydrogens is 285 g/mol. The van der Waals surface area contributed by atoms with E-state index in [2.05, 4.69) is 31.2 Å². The van der Waals surface area contributed by atoms with Gasteiger partial charge in [-0.1, -0.05) is 18.2 Å². The molecule has 0 spiro atoms. The number of anilines is 1. The maximum Gasteiger partial charge on any atom is 0.222 e. The number of aromatic nitrogens is 2. The number of nitrogens with zero attached hydrogens (tertiary/aromatic N) is 2. The van der Waals surface area contributed by atoms with Crippen LogP contribution in [0, 0.1) is 5.82 Å². The van der Waals surface area contributed by atoms with E-state index in [1.54, 1.807) is 24.5 Å². The number of halogens is 2. The average Bonchev–Trinajstić information content (AvgIpc) is 2.34. The Morgan fingerprint density at radius 2 is 1.88 bits per heavy atom. The molecule has 0 saturated heterocycles. The smallest absolute Gasteiger partial charge is 0.222 e. The topological polar surface area (TPSA) is 37.8 Å². The van der Waals surface area contributed by atoms with Crippen molar-refractivity contribution in [3.8, 4) is 0 Å². The molecule has 5 heteroatoms. The lowest BCUT2D eigenvalue weighted by Crippen LogP contribution is -2.08. The predicted octanol–water partition coefficient (Wildman–Crippen LogP) is 3.03. The van der Waals surface area contributed by atoms with Crippen molar-refractivity contribution in [3.63, 3.8) is 0 Å². The Balaban J connectivity index is 1.88. The maximum atomic E-state index is 13.3. The standard InChI is InChI=1S/C12H11BrFN3/c13-10-7-16-12(17-8-10)15-6-5-9-3-1-2-4-11(9)14/h1-4,7-8H,5-6H2,(H,15,16,17). The summed E-state index contributed by atoms with van der Waals surface area (Å²) in [6.45, 7) is 0.600. The molecule has 2 rings (SSSR count). The van der Waals surface area contributed by atoms with Crippen molar-refractivity contribution >= 4 is 21.9 Å². The molecule has 0 radical (unpaired) electrons. The minimum absolute atomic E-state index is 0.175. The summed E-state index contributed by atoms with van der Waals surface area (Å²) in [7, 11) is 0. The Kier molecular flexibility index (Phi) is 4.03. The number of hydrogen-bond acceptors (Lipinski definition) is 3. The lowest BCUT2D eigenvalue weighted by molar-refractivity contribution is 0.610. The quantitative estimate of drug-likeness (QED) is 0.942. The van der Waals surface area contributed by atoms with Crippen molar-refractivity contribution in [2.75, 3.05) is 11.9 Å². The van der Waals surface area contributed by atoms with Crippen LogP contribution in [0.15, 0.2) is 41.1 Å². The van der Waals surface area contributed by atoms with E-state index in [1.807, 2.05) is 6.07 Å². The fourth-order valence-corrected chi connectivity index (χ4v) is 1.62. The molecule has 0 bridgehead atoms. The summed E-state index contributed by atoms with van der Waals surface area (Å²) in [5.74, 6) is 0.371. The SMILES string of the molecule is Fc1ccccc1CCNc1ncc(Br)cn1. The Hall–Kier alpha value is -1.49. The van der Waals surface area contributed by atoms with Crippen molar-refractivity contribution in [3.05, 3.63) is 52.5 Å². The highest BCUT2D eigenvalue weighted by atomic mass is 79.9. The van der Waals surface area contributed by atoms with E-state index in [9.17, 15) is 4.39 Å². The van der Waals surface area contributed by atoms with E-state index in [4.69, 9.17) is 0 Å². The summed E-state index contributed by atoms with van der Waals surface area (Å²) in [5, 5.41) is 3.04. The van der Waals surface area contributed by atoms with Crippen LogP contribution in [-0.2, 0) is 6.42 Å². The van der Waals surface area contributed by atoms with Gasteiger partial charge in [0.25, 0.3) is 0 Å². The zero-order valence-electron chi connectivity index (χ0n) is 9.03. The van der Waals surface area contributed by atoms with Gasteiger partial charge in [0, 0.05) is 18.9 Å². The molecule has 0 aliphatic heterocycles. The second-order valence-corrected chi connectivity index (χ2v) is 4.41. The number of benzene rings is 1. The van der Waals surface area contributed by atoms with Crippen LogP contribution in [0.25, 0.3) is 0 Å². The zero-order valence-corrected chi connectivity index (χ0v) is 10.6. The van der Waals surface area contributed by atoms with Crippen LogP contribution in [0.4, 0.5) is 10.3 Å². The average molecular weight is 296 g/mol. The van der Waals surface area contributed by atoms with Crippen LogP contribution >= 0.6 is 15.9 Å². The first kappa shape index (κ1) is 12.0. The highest BCUT2D eigenvalue weighted by molar-refractivity contribution is 9.10. The number of rotatable bonds is 4. The second-order valence-electron chi connectivity index (χ2n) is 3.49. The molecule has 1 aromatic carbocycles. The van der Waals surface area contributed by atoms with Gasteiger partial charge in [0.1, 0.15) is 5.82 Å². The molecule has 0 aliphatic rings. The highest BCUT2D eigenvalue weighted by Crippen LogP contribution is 2.09. The van der Waals surface area contributed by atoms with E-state index in [-0.39, 0.29) is 5.82 Å². The van der Waals surface area contributed by atoms with Gasteiger partial charge in [-0.15, -0.1) is 0 Å². The third kappa shape index (κ3) is 3.49. The summed E-state index contributed by atoms with van der Waals surface area (Å²) in [4.78, 5) is 8.14. The highest BCUT2D eigenvalue weighted by Gasteiger charge is 2.00. The van der Waals surface area contributed by atoms with Gasteiger partial charge in [-0.3, -0.25) is 0 Å². The summed E-state index contributed by atoms with van der Waals surface area (Å²) in [6, 6.07) is 6.75. The third-order valence-electron chi connectivity index (χ3n) is 2.26. The number of nitrogens with one attached hydrogen (secondary N) is 1. The fraction of sp³-hybridized carbons (Fsp3) is 0.167. The molecule has 3 nitrogen and oxygen atoms in total. The van der Waals surface area contributed by atoms with Crippen LogP contribution in [0.2, 0.25) is 0 Å². The molecule has 0 fully saturated rings. The van der Waals surface area contributed by atoms with Crippen molar-refractivity contribution < 1.29 is 4.39 Å². The van der Waals surface area contributed by atoms with Gasteiger partial charge < -0.3 is 5.32 Å². The molecule has 0 atom stereocenters. The zero-order chi connectivity index (χ0) is 12.1. The van der Waals surface area contributed by atoms with Gasteiger partial charge in [-0.25, -0.2) is 14.4 Å².